The third-order valence-corrected chi connectivity index (χ3v) is 2.89. The number of nitrogens with zero attached hydrogens (tertiary/aromatic N) is 1. The summed E-state index contributed by atoms with van der Waals surface area (Å²) in [6.45, 7) is 0. The van der Waals surface area contributed by atoms with Crippen molar-refractivity contribution >= 4 is 28.3 Å². The lowest BCUT2D eigenvalue weighted by Gasteiger charge is -2.02. The molecule has 2 aromatic heterocycles. The number of halogens is 1. The fraction of sp³-hybridized carbons (Fsp3) is 0. The molecule has 2 heterocycles. The maximum atomic E-state index is 12.3. The van der Waals surface area contributed by atoms with Gasteiger partial charge in [0.15, 0.2) is 11.0 Å². The number of fused-ring (bicyclic) bond motifs is 1. The quantitative estimate of drug-likeness (QED) is 0.657. The highest BCUT2D eigenvalue weighted by Crippen LogP contribution is 2.22. The number of aromatic nitrogens is 1. The monoisotopic (exact) mass is 257 g/mol. The summed E-state index contributed by atoms with van der Waals surface area (Å²) in [5.74, 6) is 0.0388. The molecule has 0 spiro atoms. The second-order valence-corrected chi connectivity index (χ2v) is 4.18. The van der Waals surface area contributed by atoms with E-state index in [4.69, 9.17) is 16.0 Å². The van der Waals surface area contributed by atoms with E-state index in [1.807, 2.05) is 12.1 Å². The molecule has 0 N–H and O–H groups in total. The number of hydrogen-bond acceptors (Lipinski definition) is 3. The van der Waals surface area contributed by atoms with Gasteiger partial charge in [0.25, 0.3) is 0 Å². The van der Waals surface area contributed by atoms with Crippen LogP contribution >= 0.6 is 11.6 Å². The van der Waals surface area contributed by atoms with Crippen LogP contribution < -0.4 is 0 Å². The minimum atomic E-state index is -0.194. The molecule has 3 nitrogen and oxygen atoms in total. The average molecular weight is 258 g/mol. The highest BCUT2D eigenvalue weighted by molar-refractivity contribution is 6.29. The number of carbonyl (C=O) groups excluding carboxylic acids is 1. The second kappa shape index (κ2) is 4.27. The summed E-state index contributed by atoms with van der Waals surface area (Å²) in [5.41, 5.74) is 1.34. The van der Waals surface area contributed by atoms with Crippen LogP contribution in [0.3, 0.4) is 0 Å². The van der Waals surface area contributed by atoms with Crippen LogP contribution in [0.5, 0.6) is 0 Å². The van der Waals surface area contributed by atoms with Crippen molar-refractivity contribution in [1.82, 2.24) is 4.98 Å². The predicted molar refractivity (Wildman–Crippen MR) is 68.9 cm³/mol. The summed E-state index contributed by atoms with van der Waals surface area (Å²) in [7, 11) is 0. The first-order chi connectivity index (χ1) is 8.75. The van der Waals surface area contributed by atoms with E-state index in [-0.39, 0.29) is 16.8 Å². The van der Waals surface area contributed by atoms with Crippen molar-refractivity contribution in [3.8, 4) is 0 Å². The van der Waals surface area contributed by atoms with Crippen LogP contribution in [0, 0.1) is 0 Å². The molecule has 0 fully saturated rings. The van der Waals surface area contributed by atoms with Crippen molar-refractivity contribution in [2.24, 2.45) is 0 Å². The molecule has 0 aliphatic carbocycles. The van der Waals surface area contributed by atoms with Gasteiger partial charge in [0.05, 0.1) is 5.52 Å². The molecular formula is C14H8ClNO2. The predicted octanol–water partition coefficient (Wildman–Crippen LogP) is 3.71. The van der Waals surface area contributed by atoms with E-state index in [9.17, 15) is 4.79 Å². The Balaban J connectivity index is 2.17. The van der Waals surface area contributed by atoms with Gasteiger partial charge in [-0.25, -0.2) is 0 Å². The van der Waals surface area contributed by atoms with E-state index in [1.54, 1.807) is 36.5 Å². The van der Waals surface area contributed by atoms with Gasteiger partial charge >= 0.3 is 0 Å². The van der Waals surface area contributed by atoms with Crippen LogP contribution in [-0.4, -0.2) is 10.8 Å². The molecule has 0 atom stereocenters. The zero-order valence-corrected chi connectivity index (χ0v) is 10.0. The van der Waals surface area contributed by atoms with Gasteiger partial charge in [-0.15, -0.1) is 0 Å². The fourth-order valence-electron chi connectivity index (χ4n) is 1.87. The largest absolute Gasteiger partial charge is 0.441 e. The number of carbonyl (C=O) groups is 1. The van der Waals surface area contributed by atoms with Gasteiger partial charge in [0.1, 0.15) is 0 Å². The van der Waals surface area contributed by atoms with E-state index in [1.165, 1.54) is 0 Å². The Labute approximate surface area is 108 Å². The molecule has 0 saturated heterocycles. The SMILES string of the molecule is O=C(c1ccc(Cl)o1)c1cccc2ncccc12. The Morgan fingerprint density at radius 3 is 2.78 bits per heavy atom. The zero-order valence-electron chi connectivity index (χ0n) is 9.26. The first kappa shape index (κ1) is 11.0. The zero-order chi connectivity index (χ0) is 12.5. The summed E-state index contributed by atoms with van der Waals surface area (Å²) < 4.78 is 5.14. The summed E-state index contributed by atoms with van der Waals surface area (Å²) in [4.78, 5) is 16.5. The van der Waals surface area contributed by atoms with Crippen molar-refractivity contribution in [2.75, 3.05) is 0 Å². The first-order valence-corrected chi connectivity index (χ1v) is 5.77. The van der Waals surface area contributed by atoms with Crippen molar-refractivity contribution in [1.29, 1.82) is 0 Å². The normalized spacial score (nSPS) is 10.7. The van der Waals surface area contributed by atoms with Gasteiger partial charge in [0.2, 0.25) is 5.78 Å². The van der Waals surface area contributed by atoms with E-state index in [0.29, 0.717) is 5.56 Å². The molecule has 0 unspecified atom stereocenters. The van der Waals surface area contributed by atoms with E-state index in [2.05, 4.69) is 4.98 Å². The third-order valence-electron chi connectivity index (χ3n) is 2.69. The lowest BCUT2D eigenvalue weighted by molar-refractivity contribution is 0.101. The number of pyridine rings is 1. The third kappa shape index (κ3) is 1.79. The molecule has 0 radical (unpaired) electrons. The topological polar surface area (TPSA) is 43.1 Å². The van der Waals surface area contributed by atoms with Crippen LogP contribution in [0.4, 0.5) is 0 Å². The molecule has 0 saturated carbocycles. The van der Waals surface area contributed by atoms with Gasteiger partial charge < -0.3 is 4.42 Å². The second-order valence-electron chi connectivity index (χ2n) is 3.81. The summed E-state index contributed by atoms with van der Waals surface area (Å²) >= 11 is 5.68. The maximum Gasteiger partial charge on any atom is 0.228 e. The highest BCUT2D eigenvalue weighted by Gasteiger charge is 2.15. The van der Waals surface area contributed by atoms with Gasteiger partial charge in [-0.2, -0.15) is 0 Å². The van der Waals surface area contributed by atoms with E-state index in [0.717, 1.165) is 10.9 Å². The van der Waals surface area contributed by atoms with E-state index >= 15 is 0 Å². The number of furan rings is 1. The Kier molecular flexibility index (Phi) is 2.61. The number of benzene rings is 1. The summed E-state index contributed by atoms with van der Waals surface area (Å²) in [6, 6.07) is 12.2. The minimum absolute atomic E-state index is 0.194. The smallest absolute Gasteiger partial charge is 0.228 e. The fourth-order valence-corrected chi connectivity index (χ4v) is 2.02. The number of hydrogen-bond donors (Lipinski definition) is 0. The molecule has 3 rings (SSSR count). The van der Waals surface area contributed by atoms with Crippen molar-refractivity contribution in [3.05, 3.63) is 65.2 Å². The number of ketones is 1. The highest BCUT2D eigenvalue weighted by atomic mass is 35.5. The summed E-state index contributed by atoms with van der Waals surface area (Å²) in [6.07, 6.45) is 1.69. The van der Waals surface area contributed by atoms with Crippen LogP contribution in [0.25, 0.3) is 10.9 Å². The Morgan fingerprint density at radius 2 is 2.00 bits per heavy atom. The standard InChI is InChI=1S/C14H8ClNO2/c15-13-7-6-12(18-13)14(17)10-3-1-5-11-9(10)4-2-8-16-11/h1-8H. The maximum absolute atomic E-state index is 12.3. The Morgan fingerprint density at radius 1 is 1.11 bits per heavy atom. The molecule has 0 amide bonds. The average Bonchev–Trinajstić information content (AvgIpc) is 2.84. The van der Waals surface area contributed by atoms with Gasteiger partial charge in [-0.05, 0) is 35.9 Å². The molecule has 0 aliphatic rings. The molecule has 3 aromatic rings. The van der Waals surface area contributed by atoms with Gasteiger partial charge in [0, 0.05) is 17.1 Å². The molecule has 0 aliphatic heterocycles. The lowest BCUT2D eigenvalue weighted by atomic mass is 10.0. The van der Waals surface area contributed by atoms with Gasteiger partial charge in [-0.1, -0.05) is 18.2 Å². The molecule has 4 heteroatoms. The van der Waals surface area contributed by atoms with Crippen LogP contribution in [-0.2, 0) is 0 Å². The van der Waals surface area contributed by atoms with E-state index < -0.39 is 0 Å². The van der Waals surface area contributed by atoms with Crippen LogP contribution in [0.2, 0.25) is 5.22 Å². The molecule has 88 valence electrons. The summed E-state index contributed by atoms with van der Waals surface area (Å²) in [5, 5.41) is 1.01. The van der Waals surface area contributed by atoms with Crippen molar-refractivity contribution in [2.45, 2.75) is 0 Å². The molecule has 0 bridgehead atoms. The number of rotatable bonds is 2. The van der Waals surface area contributed by atoms with Crippen LogP contribution in [0.1, 0.15) is 16.1 Å². The molecular weight excluding hydrogens is 250 g/mol. The molecule has 18 heavy (non-hydrogen) atoms. The van der Waals surface area contributed by atoms with Crippen molar-refractivity contribution < 1.29 is 9.21 Å². The first-order valence-electron chi connectivity index (χ1n) is 5.39. The van der Waals surface area contributed by atoms with Gasteiger partial charge in [-0.3, -0.25) is 9.78 Å². The molecule has 1 aromatic carbocycles. The minimum Gasteiger partial charge on any atom is -0.441 e. The lowest BCUT2D eigenvalue weighted by Crippen LogP contribution is -2.00. The van der Waals surface area contributed by atoms with Crippen molar-refractivity contribution in [3.63, 3.8) is 0 Å². The Bertz CT molecular complexity index is 728. The Hall–Kier alpha value is -2.13. The van der Waals surface area contributed by atoms with Crippen LogP contribution in [0.15, 0.2) is 53.1 Å².